The Hall–Kier alpha value is -0.870. The van der Waals surface area contributed by atoms with Crippen LogP contribution in [0.3, 0.4) is 0 Å². The van der Waals surface area contributed by atoms with E-state index in [1.807, 2.05) is 0 Å². The summed E-state index contributed by atoms with van der Waals surface area (Å²) in [6, 6.07) is 4.53. The van der Waals surface area contributed by atoms with Crippen molar-refractivity contribution in [2.45, 2.75) is 26.3 Å². The number of carbonyl (C=O) groups is 1. The van der Waals surface area contributed by atoms with Gasteiger partial charge in [0.15, 0.2) is 0 Å². The van der Waals surface area contributed by atoms with Gasteiger partial charge in [0, 0.05) is 15.8 Å². The normalized spacial score (nSPS) is 12.7. The predicted octanol–water partition coefficient (Wildman–Crippen LogP) is 1.06. The summed E-state index contributed by atoms with van der Waals surface area (Å²) in [6.07, 6.45) is 0.950. The van der Waals surface area contributed by atoms with Crippen molar-refractivity contribution in [2.75, 3.05) is 6.54 Å². The van der Waals surface area contributed by atoms with Crippen LogP contribution in [0.5, 0.6) is 0 Å². The van der Waals surface area contributed by atoms with Crippen molar-refractivity contribution in [2.24, 2.45) is 5.73 Å². The summed E-state index contributed by atoms with van der Waals surface area (Å²) in [7, 11) is 0. The Labute approximate surface area is 88.3 Å². The van der Waals surface area contributed by atoms with Gasteiger partial charge in [-0.2, -0.15) is 0 Å². The highest BCUT2D eigenvalue weighted by Crippen LogP contribution is 2.16. The Kier molecular flexibility index (Phi) is 4.10. The number of thiophene rings is 1. The lowest BCUT2D eigenvalue weighted by atomic mass is 10.2. The van der Waals surface area contributed by atoms with Crippen LogP contribution in [0.2, 0.25) is 0 Å². The van der Waals surface area contributed by atoms with Gasteiger partial charge < -0.3 is 11.1 Å². The van der Waals surface area contributed by atoms with E-state index in [2.05, 4.69) is 31.3 Å². The molecule has 1 amide bonds. The molecule has 1 atom stereocenters. The van der Waals surface area contributed by atoms with Crippen molar-refractivity contribution in [1.82, 2.24) is 5.32 Å². The summed E-state index contributed by atoms with van der Waals surface area (Å²) in [5.74, 6) is -0.306. The molecule has 0 saturated carbocycles. The Morgan fingerprint density at radius 1 is 1.64 bits per heavy atom. The van der Waals surface area contributed by atoms with E-state index in [1.54, 1.807) is 11.3 Å². The van der Waals surface area contributed by atoms with Gasteiger partial charge in [-0.05, 0) is 32.4 Å². The van der Waals surface area contributed by atoms with Gasteiger partial charge in [-0.3, -0.25) is 4.79 Å². The van der Waals surface area contributed by atoms with E-state index in [0.717, 1.165) is 6.42 Å². The average Bonchev–Trinajstić information content (AvgIpc) is 2.48. The van der Waals surface area contributed by atoms with Gasteiger partial charge in [0.25, 0.3) is 0 Å². The molecule has 0 aliphatic heterocycles. The second kappa shape index (κ2) is 5.12. The van der Waals surface area contributed by atoms with Gasteiger partial charge in [0.1, 0.15) is 0 Å². The number of primary amides is 1. The fraction of sp³-hybridized carbons (Fsp3) is 0.500. The number of nitrogens with two attached hydrogens (primary N) is 1. The maximum Gasteiger partial charge on any atom is 0.231 e. The van der Waals surface area contributed by atoms with Crippen LogP contribution in [-0.2, 0) is 11.2 Å². The predicted molar refractivity (Wildman–Crippen MR) is 59.4 cm³/mol. The Balaban J connectivity index is 2.33. The minimum Gasteiger partial charge on any atom is -0.369 e. The SMILES string of the molecule is Cc1ccc(CC(C)NCC(N)=O)s1. The van der Waals surface area contributed by atoms with E-state index in [1.165, 1.54) is 9.75 Å². The van der Waals surface area contributed by atoms with Gasteiger partial charge in [-0.15, -0.1) is 11.3 Å². The Morgan fingerprint density at radius 3 is 2.86 bits per heavy atom. The van der Waals surface area contributed by atoms with Gasteiger partial charge in [0.2, 0.25) is 5.91 Å². The van der Waals surface area contributed by atoms with Crippen molar-refractivity contribution >= 4 is 17.2 Å². The molecule has 0 aromatic carbocycles. The molecule has 0 aliphatic rings. The first-order chi connectivity index (χ1) is 6.58. The number of hydrogen-bond acceptors (Lipinski definition) is 3. The number of aryl methyl sites for hydroxylation is 1. The minimum atomic E-state index is -0.306. The molecule has 1 heterocycles. The van der Waals surface area contributed by atoms with E-state index in [9.17, 15) is 4.79 Å². The summed E-state index contributed by atoms with van der Waals surface area (Å²) >= 11 is 1.79. The zero-order valence-electron chi connectivity index (χ0n) is 8.54. The summed E-state index contributed by atoms with van der Waals surface area (Å²) < 4.78 is 0. The first kappa shape index (κ1) is 11.2. The molecule has 1 rings (SSSR count). The molecule has 0 fully saturated rings. The van der Waals surface area contributed by atoms with Crippen molar-refractivity contribution in [3.05, 3.63) is 21.9 Å². The molecule has 1 unspecified atom stereocenters. The lowest BCUT2D eigenvalue weighted by molar-refractivity contribution is -0.117. The molecule has 1 aromatic heterocycles. The standard InChI is InChI=1S/C10H16N2OS/c1-7(12-6-10(11)13)5-9-4-3-8(2)14-9/h3-4,7,12H,5-6H2,1-2H3,(H2,11,13). The van der Waals surface area contributed by atoms with E-state index in [0.29, 0.717) is 6.04 Å². The molecule has 14 heavy (non-hydrogen) atoms. The topological polar surface area (TPSA) is 55.1 Å². The van der Waals surface area contributed by atoms with Crippen LogP contribution in [0.4, 0.5) is 0 Å². The highest BCUT2D eigenvalue weighted by Gasteiger charge is 2.05. The molecular weight excluding hydrogens is 196 g/mol. The molecule has 0 saturated heterocycles. The lowest BCUT2D eigenvalue weighted by Gasteiger charge is -2.10. The van der Waals surface area contributed by atoms with E-state index >= 15 is 0 Å². The van der Waals surface area contributed by atoms with Crippen LogP contribution in [0, 0.1) is 6.92 Å². The number of nitrogens with one attached hydrogen (secondary N) is 1. The zero-order chi connectivity index (χ0) is 10.6. The molecule has 78 valence electrons. The third kappa shape index (κ3) is 3.89. The number of hydrogen-bond donors (Lipinski definition) is 2. The number of amides is 1. The minimum absolute atomic E-state index is 0.255. The second-order valence-electron chi connectivity index (χ2n) is 3.46. The van der Waals surface area contributed by atoms with Crippen molar-refractivity contribution in [3.63, 3.8) is 0 Å². The summed E-state index contributed by atoms with van der Waals surface area (Å²) in [5.41, 5.74) is 5.04. The number of rotatable bonds is 5. The summed E-state index contributed by atoms with van der Waals surface area (Å²) in [6.45, 7) is 4.40. The molecule has 0 bridgehead atoms. The molecule has 3 N–H and O–H groups in total. The largest absolute Gasteiger partial charge is 0.369 e. The first-order valence-electron chi connectivity index (χ1n) is 4.65. The smallest absolute Gasteiger partial charge is 0.231 e. The monoisotopic (exact) mass is 212 g/mol. The Morgan fingerprint density at radius 2 is 2.36 bits per heavy atom. The summed E-state index contributed by atoms with van der Waals surface area (Å²) in [5, 5.41) is 3.07. The van der Waals surface area contributed by atoms with Crippen LogP contribution in [0.25, 0.3) is 0 Å². The highest BCUT2D eigenvalue weighted by atomic mass is 32.1. The molecule has 0 spiro atoms. The maximum atomic E-state index is 10.5. The Bertz CT molecular complexity index is 309. The van der Waals surface area contributed by atoms with Crippen LogP contribution < -0.4 is 11.1 Å². The fourth-order valence-corrected chi connectivity index (χ4v) is 2.26. The summed E-state index contributed by atoms with van der Waals surface area (Å²) in [4.78, 5) is 13.2. The van der Waals surface area contributed by atoms with Gasteiger partial charge in [-0.1, -0.05) is 0 Å². The lowest BCUT2D eigenvalue weighted by Crippen LogP contribution is -2.35. The van der Waals surface area contributed by atoms with Crippen molar-refractivity contribution < 1.29 is 4.79 Å². The second-order valence-corrected chi connectivity index (χ2v) is 4.84. The van der Waals surface area contributed by atoms with E-state index < -0.39 is 0 Å². The quantitative estimate of drug-likeness (QED) is 0.767. The first-order valence-corrected chi connectivity index (χ1v) is 5.46. The van der Waals surface area contributed by atoms with Gasteiger partial charge >= 0.3 is 0 Å². The van der Waals surface area contributed by atoms with E-state index in [4.69, 9.17) is 5.73 Å². The maximum absolute atomic E-state index is 10.5. The molecular formula is C10H16N2OS. The molecule has 0 aliphatic carbocycles. The van der Waals surface area contributed by atoms with Gasteiger partial charge in [-0.25, -0.2) is 0 Å². The van der Waals surface area contributed by atoms with Crippen LogP contribution in [-0.4, -0.2) is 18.5 Å². The van der Waals surface area contributed by atoms with Crippen molar-refractivity contribution in [1.29, 1.82) is 0 Å². The third-order valence-corrected chi connectivity index (χ3v) is 2.95. The van der Waals surface area contributed by atoms with Gasteiger partial charge in [0.05, 0.1) is 6.54 Å². The van der Waals surface area contributed by atoms with Crippen LogP contribution >= 0.6 is 11.3 Å². The highest BCUT2D eigenvalue weighted by molar-refractivity contribution is 7.11. The molecule has 0 radical (unpaired) electrons. The number of carbonyl (C=O) groups excluding carboxylic acids is 1. The van der Waals surface area contributed by atoms with Crippen LogP contribution in [0.15, 0.2) is 12.1 Å². The van der Waals surface area contributed by atoms with Crippen molar-refractivity contribution in [3.8, 4) is 0 Å². The molecule has 3 nitrogen and oxygen atoms in total. The average molecular weight is 212 g/mol. The third-order valence-electron chi connectivity index (χ3n) is 1.93. The zero-order valence-corrected chi connectivity index (χ0v) is 9.36. The fourth-order valence-electron chi connectivity index (χ4n) is 1.24. The van der Waals surface area contributed by atoms with Crippen LogP contribution in [0.1, 0.15) is 16.7 Å². The molecule has 4 heteroatoms. The molecule has 1 aromatic rings. The van der Waals surface area contributed by atoms with E-state index in [-0.39, 0.29) is 12.5 Å².